The van der Waals surface area contributed by atoms with Crippen LogP contribution in [0.4, 0.5) is 19.0 Å². The number of carbonyl (C=O) groups excluding carboxylic acids is 1. The second kappa shape index (κ2) is 8.86. The van der Waals surface area contributed by atoms with Crippen molar-refractivity contribution in [1.29, 1.82) is 0 Å². The summed E-state index contributed by atoms with van der Waals surface area (Å²) < 4.78 is 37.0. The summed E-state index contributed by atoms with van der Waals surface area (Å²) in [7, 11) is 0. The van der Waals surface area contributed by atoms with Gasteiger partial charge in [-0.15, -0.1) is 0 Å². The number of alkyl halides is 3. The Labute approximate surface area is 178 Å². The summed E-state index contributed by atoms with van der Waals surface area (Å²) >= 11 is 6.03. The number of nitrogens with zero attached hydrogens (tertiary/aromatic N) is 3. The number of hydrogen-bond acceptors (Lipinski definition) is 5. The van der Waals surface area contributed by atoms with Crippen LogP contribution in [0.1, 0.15) is 23.1 Å². The Morgan fingerprint density at radius 1 is 1.33 bits per heavy atom. The van der Waals surface area contributed by atoms with E-state index in [1.54, 1.807) is 32.2 Å². The topological polar surface area (TPSA) is 95.6 Å². The molecular formula is C19H24ClF3N6O. The van der Waals surface area contributed by atoms with Gasteiger partial charge in [0.15, 0.2) is 5.82 Å². The number of fused-ring (bicyclic) bond motifs is 1. The molecule has 0 aliphatic heterocycles. The maximum absolute atomic E-state index is 12.4. The van der Waals surface area contributed by atoms with Gasteiger partial charge in [-0.05, 0) is 18.1 Å². The third kappa shape index (κ3) is 5.38. The number of halogens is 4. The van der Waals surface area contributed by atoms with Gasteiger partial charge in [0.05, 0.1) is 11.4 Å². The molecule has 0 spiro atoms. The van der Waals surface area contributed by atoms with Gasteiger partial charge in [0.25, 0.3) is 0 Å². The molecule has 0 aromatic carbocycles. The third-order valence-corrected chi connectivity index (χ3v) is 4.56. The third-order valence-electron chi connectivity index (χ3n) is 4.35. The zero-order valence-electron chi connectivity index (χ0n) is 16.2. The summed E-state index contributed by atoms with van der Waals surface area (Å²) in [6, 6.07) is 2.56. The van der Waals surface area contributed by atoms with Crippen LogP contribution in [0.5, 0.6) is 0 Å². The van der Waals surface area contributed by atoms with Gasteiger partial charge in [0.1, 0.15) is 17.5 Å². The SMILES string of the molecule is CC(C)[C@@H](Nc1ccnc(-c2c[nH]c3ncc(Cl)cc23)n1)C(=O)NCCC(F)(F)F.[HH].[HH]. The number of H-pyrrole nitrogens is 1. The van der Waals surface area contributed by atoms with Gasteiger partial charge in [-0.3, -0.25) is 4.79 Å². The maximum atomic E-state index is 12.4. The molecule has 11 heteroatoms. The average molecular weight is 445 g/mol. The Hall–Kier alpha value is -2.88. The molecule has 3 rings (SSSR count). The normalized spacial score (nSPS) is 12.9. The Bertz CT molecular complexity index is 1050. The first-order valence-electron chi connectivity index (χ1n) is 9.21. The fourth-order valence-electron chi connectivity index (χ4n) is 2.86. The lowest BCUT2D eigenvalue weighted by Crippen LogP contribution is -2.44. The molecule has 3 heterocycles. The van der Waals surface area contributed by atoms with Crippen molar-refractivity contribution in [3.8, 4) is 11.4 Å². The molecule has 0 unspecified atom stereocenters. The molecule has 0 aliphatic carbocycles. The average Bonchev–Trinajstić information content (AvgIpc) is 3.08. The molecule has 0 saturated carbocycles. The molecule has 7 nitrogen and oxygen atoms in total. The number of rotatable bonds is 7. The maximum Gasteiger partial charge on any atom is 0.390 e. The van der Waals surface area contributed by atoms with E-state index in [0.29, 0.717) is 27.9 Å². The number of aromatic amines is 1. The van der Waals surface area contributed by atoms with Gasteiger partial charge in [0.2, 0.25) is 5.91 Å². The van der Waals surface area contributed by atoms with Crippen LogP contribution < -0.4 is 10.6 Å². The van der Waals surface area contributed by atoms with Gasteiger partial charge in [-0.2, -0.15) is 13.2 Å². The number of aromatic nitrogens is 4. The summed E-state index contributed by atoms with van der Waals surface area (Å²) in [6.07, 6.45) is -0.657. The van der Waals surface area contributed by atoms with Gasteiger partial charge >= 0.3 is 6.18 Å². The molecule has 0 fully saturated rings. The largest absolute Gasteiger partial charge is 0.390 e. The first kappa shape index (κ1) is 21.8. The van der Waals surface area contributed by atoms with Crippen molar-refractivity contribution in [3.63, 3.8) is 0 Å². The van der Waals surface area contributed by atoms with E-state index in [1.807, 2.05) is 0 Å². The van der Waals surface area contributed by atoms with Crippen LogP contribution in [0.3, 0.4) is 0 Å². The van der Waals surface area contributed by atoms with E-state index in [1.165, 1.54) is 12.4 Å². The van der Waals surface area contributed by atoms with Gasteiger partial charge in [-0.25, -0.2) is 15.0 Å². The van der Waals surface area contributed by atoms with Crippen molar-refractivity contribution >= 4 is 34.4 Å². The highest BCUT2D eigenvalue weighted by Gasteiger charge is 2.28. The molecule has 3 aromatic rings. The van der Waals surface area contributed by atoms with E-state index in [9.17, 15) is 18.0 Å². The summed E-state index contributed by atoms with van der Waals surface area (Å²) in [6.45, 7) is 3.10. The summed E-state index contributed by atoms with van der Waals surface area (Å²) in [5.41, 5.74) is 1.31. The van der Waals surface area contributed by atoms with E-state index in [4.69, 9.17) is 11.6 Å². The van der Waals surface area contributed by atoms with Crippen molar-refractivity contribution in [2.75, 3.05) is 11.9 Å². The van der Waals surface area contributed by atoms with Crippen LogP contribution in [0, 0.1) is 5.92 Å². The first-order valence-corrected chi connectivity index (χ1v) is 9.59. The Morgan fingerprint density at radius 3 is 2.80 bits per heavy atom. The van der Waals surface area contributed by atoms with Crippen molar-refractivity contribution in [2.24, 2.45) is 5.92 Å². The summed E-state index contributed by atoms with van der Waals surface area (Å²) in [5, 5.41) is 6.52. The van der Waals surface area contributed by atoms with Crippen LogP contribution >= 0.6 is 11.6 Å². The lowest BCUT2D eigenvalue weighted by atomic mass is 10.0. The predicted octanol–water partition coefficient (Wildman–Crippen LogP) is 4.67. The minimum atomic E-state index is -4.33. The Kier molecular flexibility index (Phi) is 6.45. The van der Waals surface area contributed by atoms with Gasteiger partial charge < -0.3 is 15.6 Å². The fourth-order valence-corrected chi connectivity index (χ4v) is 3.02. The van der Waals surface area contributed by atoms with E-state index in [-0.39, 0.29) is 8.77 Å². The van der Waals surface area contributed by atoms with Gasteiger partial charge in [-0.1, -0.05) is 25.4 Å². The van der Waals surface area contributed by atoms with Crippen molar-refractivity contribution < 1.29 is 20.8 Å². The Morgan fingerprint density at radius 2 is 2.10 bits per heavy atom. The first-order chi connectivity index (χ1) is 14.1. The van der Waals surface area contributed by atoms with Crippen LogP contribution in [0.25, 0.3) is 22.4 Å². The molecule has 164 valence electrons. The monoisotopic (exact) mass is 444 g/mol. The smallest absolute Gasteiger partial charge is 0.358 e. The molecule has 0 bridgehead atoms. The second-order valence-electron chi connectivity index (χ2n) is 7.04. The van der Waals surface area contributed by atoms with Crippen LogP contribution in [-0.4, -0.2) is 44.6 Å². The van der Waals surface area contributed by atoms with Crippen molar-refractivity contribution in [2.45, 2.75) is 32.5 Å². The lowest BCUT2D eigenvalue weighted by molar-refractivity contribution is -0.135. The number of pyridine rings is 1. The molecule has 1 atom stereocenters. The lowest BCUT2D eigenvalue weighted by Gasteiger charge is -2.22. The number of hydrogen-bond donors (Lipinski definition) is 3. The summed E-state index contributed by atoms with van der Waals surface area (Å²) in [4.78, 5) is 28.3. The van der Waals surface area contributed by atoms with E-state index >= 15 is 0 Å². The van der Waals surface area contributed by atoms with Crippen molar-refractivity contribution in [3.05, 3.63) is 35.7 Å². The zero-order chi connectivity index (χ0) is 21.9. The van der Waals surface area contributed by atoms with E-state index in [0.717, 1.165) is 5.39 Å². The number of amides is 1. The minimum Gasteiger partial charge on any atom is -0.358 e. The minimum absolute atomic E-state index is 0. The van der Waals surface area contributed by atoms with E-state index in [2.05, 4.69) is 30.6 Å². The molecule has 3 aromatic heterocycles. The number of anilines is 1. The number of nitrogens with one attached hydrogen (secondary N) is 3. The van der Waals surface area contributed by atoms with Gasteiger partial charge in [0, 0.05) is 38.9 Å². The molecule has 30 heavy (non-hydrogen) atoms. The highest BCUT2D eigenvalue weighted by atomic mass is 35.5. The van der Waals surface area contributed by atoms with Crippen LogP contribution in [-0.2, 0) is 4.79 Å². The molecule has 1 amide bonds. The highest BCUT2D eigenvalue weighted by Crippen LogP contribution is 2.27. The molecule has 0 saturated heterocycles. The molecule has 0 radical (unpaired) electrons. The molecule has 0 aliphatic rings. The quantitative estimate of drug-likeness (QED) is 0.492. The predicted molar refractivity (Wildman–Crippen MR) is 112 cm³/mol. The molecule has 3 N–H and O–H groups in total. The standard InChI is InChI=1S/C19H20ClF3N6O.2H2/c1-10(2)15(18(30)25-6-4-19(21,22)23)28-14-3-5-24-17(29-14)13-9-27-16-12(13)7-11(20)8-26-16;;/h3,5,7-10,15H,4,6H2,1-2H3,(H,25,30)(H,26,27)(H,24,28,29);2*1H/t15-;;/m1../s1. The van der Waals surface area contributed by atoms with Crippen LogP contribution in [0.2, 0.25) is 5.02 Å². The summed E-state index contributed by atoms with van der Waals surface area (Å²) in [5.74, 6) is 0.0344. The Balaban J connectivity index is 0.00000256. The van der Waals surface area contributed by atoms with Crippen molar-refractivity contribution in [1.82, 2.24) is 25.3 Å². The second-order valence-corrected chi connectivity index (χ2v) is 7.48. The number of carbonyl (C=O) groups is 1. The zero-order valence-corrected chi connectivity index (χ0v) is 17.0. The fraction of sp³-hybridized carbons (Fsp3) is 0.368. The highest BCUT2D eigenvalue weighted by molar-refractivity contribution is 6.31. The molecular weight excluding hydrogens is 421 g/mol. The van der Waals surface area contributed by atoms with E-state index < -0.39 is 31.1 Å². The van der Waals surface area contributed by atoms with Crippen LogP contribution in [0.15, 0.2) is 30.7 Å².